The highest BCUT2D eigenvalue weighted by Gasteiger charge is 2.53. The van der Waals surface area contributed by atoms with Crippen molar-refractivity contribution in [2.75, 3.05) is 46.0 Å². The number of rotatable bonds is 4. The molecule has 4 fully saturated rings. The van der Waals surface area contributed by atoms with Gasteiger partial charge >= 0.3 is 6.09 Å². The van der Waals surface area contributed by atoms with E-state index in [4.69, 9.17) is 18.9 Å². The van der Waals surface area contributed by atoms with Crippen molar-refractivity contribution in [3.63, 3.8) is 0 Å². The molecule has 0 bridgehead atoms. The minimum atomic E-state index is -0.485. The third-order valence-electron chi connectivity index (χ3n) is 7.44. The summed E-state index contributed by atoms with van der Waals surface area (Å²) in [6.07, 6.45) is 3.54. The largest absolute Gasteiger partial charge is 0.488 e. The van der Waals surface area contributed by atoms with Gasteiger partial charge in [-0.1, -0.05) is 0 Å². The number of halogens is 1. The zero-order valence-corrected chi connectivity index (χ0v) is 20.6. The topological polar surface area (TPSA) is 60.5 Å². The number of carbonyl (C=O) groups is 1. The molecule has 34 heavy (non-hydrogen) atoms. The van der Waals surface area contributed by atoms with Gasteiger partial charge in [0.1, 0.15) is 28.9 Å². The highest BCUT2D eigenvalue weighted by molar-refractivity contribution is 5.69. The molecule has 0 aromatic heterocycles. The maximum Gasteiger partial charge on any atom is 0.410 e. The van der Waals surface area contributed by atoms with Crippen LogP contribution in [0.5, 0.6) is 5.75 Å². The number of ether oxygens (including phenoxy) is 4. The van der Waals surface area contributed by atoms with Gasteiger partial charge in [0.25, 0.3) is 0 Å². The summed E-state index contributed by atoms with van der Waals surface area (Å²) in [5, 5.41) is 0. The second-order valence-electron chi connectivity index (χ2n) is 11.3. The van der Waals surface area contributed by atoms with Crippen LogP contribution in [-0.4, -0.2) is 85.2 Å². The molecule has 1 amide bonds. The monoisotopic (exact) mass is 476 g/mol. The standard InChI is InChI=1S/C26H37FN2O5/c1-25(2,3)34-24(30)29-16-26(17-29)13-20(14-32-26)28-9-6-18(7-10-28)22-12-19(27)4-5-23(22)33-21-8-11-31-15-21/h4-5,12,18,20-21H,6-11,13-17H2,1-3H3. The van der Waals surface area contributed by atoms with Gasteiger partial charge in [0.05, 0.1) is 32.9 Å². The number of piperidine rings is 1. The molecule has 7 nitrogen and oxygen atoms in total. The van der Waals surface area contributed by atoms with Crippen molar-refractivity contribution in [1.82, 2.24) is 9.80 Å². The van der Waals surface area contributed by atoms with Crippen LogP contribution >= 0.6 is 0 Å². The molecule has 8 heteroatoms. The van der Waals surface area contributed by atoms with Crippen molar-refractivity contribution in [3.8, 4) is 5.75 Å². The van der Waals surface area contributed by atoms with Gasteiger partial charge in [0.2, 0.25) is 0 Å². The quantitative estimate of drug-likeness (QED) is 0.656. The highest BCUT2D eigenvalue weighted by Crippen LogP contribution is 2.41. The Labute approximate surface area is 201 Å². The molecule has 4 aliphatic heterocycles. The molecule has 0 N–H and O–H groups in total. The number of likely N-dealkylation sites (tertiary alicyclic amines) is 2. The molecule has 0 aliphatic carbocycles. The summed E-state index contributed by atoms with van der Waals surface area (Å²) >= 11 is 0. The van der Waals surface area contributed by atoms with Gasteiger partial charge in [0.15, 0.2) is 0 Å². The smallest absolute Gasteiger partial charge is 0.410 e. The van der Waals surface area contributed by atoms with Crippen molar-refractivity contribution in [1.29, 1.82) is 0 Å². The SMILES string of the molecule is CC(C)(C)OC(=O)N1CC2(CC(N3CCC(c4cc(F)ccc4OC4CCOC4)CC3)CO2)C1. The zero-order chi connectivity index (χ0) is 23.9. The Morgan fingerprint density at radius 2 is 1.91 bits per heavy atom. The molecular formula is C26H37FN2O5. The van der Waals surface area contributed by atoms with E-state index < -0.39 is 5.60 Å². The third kappa shape index (κ3) is 5.19. The van der Waals surface area contributed by atoms with Crippen LogP contribution in [0.25, 0.3) is 0 Å². The molecular weight excluding hydrogens is 439 g/mol. The first-order valence-electron chi connectivity index (χ1n) is 12.6. The van der Waals surface area contributed by atoms with Crippen molar-refractivity contribution >= 4 is 6.09 Å². The van der Waals surface area contributed by atoms with E-state index in [1.807, 2.05) is 20.8 Å². The first kappa shape index (κ1) is 23.8. The molecule has 4 saturated heterocycles. The van der Waals surface area contributed by atoms with Crippen LogP contribution in [0.2, 0.25) is 0 Å². The van der Waals surface area contributed by atoms with Crippen LogP contribution in [0.1, 0.15) is 57.9 Å². The van der Waals surface area contributed by atoms with Gasteiger partial charge < -0.3 is 23.8 Å². The molecule has 4 aliphatic rings. The Morgan fingerprint density at radius 1 is 1.15 bits per heavy atom. The maximum atomic E-state index is 14.1. The second kappa shape index (κ2) is 9.28. The van der Waals surface area contributed by atoms with Gasteiger partial charge in [-0.05, 0) is 77.2 Å². The van der Waals surface area contributed by atoms with Gasteiger partial charge in [-0.25, -0.2) is 9.18 Å². The molecule has 1 aromatic carbocycles. The predicted octanol–water partition coefficient (Wildman–Crippen LogP) is 3.95. The highest BCUT2D eigenvalue weighted by atomic mass is 19.1. The first-order valence-corrected chi connectivity index (χ1v) is 12.6. The first-order chi connectivity index (χ1) is 16.2. The average molecular weight is 477 g/mol. The van der Waals surface area contributed by atoms with E-state index in [1.54, 1.807) is 17.0 Å². The van der Waals surface area contributed by atoms with E-state index in [9.17, 15) is 9.18 Å². The number of hydrogen-bond acceptors (Lipinski definition) is 6. The molecule has 2 unspecified atom stereocenters. The van der Waals surface area contributed by atoms with E-state index in [0.717, 1.165) is 56.7 Å². The molecule has 1 spiro atoms. The van der Waals surface area contributed by atoms with Crippen LogP contribution in [0.4, 0.5) is 9.18 Å². The zero-order valence-electron chi connectivity index (χ0n) is 20.6. The van der Waals surface area contributed by atoms with Crippen LogP contribution in [0.3, 0.4) is 0 Å². The summed E-state index contributed by atoms with van der Waals surface area (Å²) in [5.74, 6) is 0.875. The number of carbonyl (C=O) groups excluding carboxylic acids is 1. The Bertz CT molecular complexity index is 884. The number of hydrogen-bond donors (Lipinski definition) is 0. The number of amides is 1. The summed E-state index contributed by atoms with van der Waals surface area (Å²) in [4.78, 5) is 16.5. The summed E-state index contributed by atoms with van der Waals surface area (Å²) in [5.41, 5.74) is 0.268. The fourth-order valence-electron chi connectivity index (χ4n) is 5.69. The van der Waals surface area contributed by atoms with E-state index >= 15 is 0 Å². The fraction of sp³-hybridized carbons (Fsp3) is 0.731. The Balaban J connectivity index is 1.14. The lowest BCUT2D eigenvalue weighted by Gasteiger charge is -2.47. The van der Waals surface area contributed by atoms with Crippen LogP contribution in [0, 0.1) is 5.82 Å². The van der Waals surface area contributed by atoms with Crippen molar-refractivity contribution in [2.45, 2.75) is 75.7 Å². The lowest BCUT2D eigenvalue weighted by molar-refractivity contribution is -0.109. The Hall–Kier alpha value is -1.90. The van der Waals surface area contributed by atoms with E-state index in [-0.39, 0.29) is 29.5 Å². The molecule has 2 atom stereocenters. The summed E-state index contributed by atoms with van der Waals surface area (Å²) < 4.78 is 37.4. The third-order valence-corrected chi connectivity index (χ3v) is 7.44. The average Bonchev–Trinajstić information content (AvgIpc) is 3.43. The molecule has 5 rings (SSSR count). The minimum absolute atomic E-state index is 0.0545. The second-order valence-corrected chi connectivity index (χ2v) is 11.3. The summed E-state index contributed by atoms with van der Waals surface area (Å²) in [6, 6.07) is 5.27. The molecule has 0 radical (unpaired) electrons. The lowest BCUT2D eigenvalue weighted by atomic mass is 9.86. The van der Waals surface area contributed by atoms with E-state index in [0.29, 0.717) is 32.3 Å². The number of nitrogens with zero attached hydrogens (tertiary/aromatic N) is 2. The molecule has 1 aromatic rings. The predicted molar refractivity (Wildman–Crippen MR) is 125 cm³/mol. The number of benzene rings is 1. The normalized spacial score (nSPS) is 27.7. The van der Waals surface area contributed by atoms with Crippen LogP contribution in [0.15, 0.2) is 18.2 Å². The van der Waals surface area contributed by atoms with Gasteiger partial charge in [-0.15, -0.1) is 0 Å². The Morgan fingerprint density at radius 3 is 2.59 bits per heavy atom. The fourth-order valence-corrected chi connectivity index (χ4v) is 5.69. The lowest BCUT2D eigenvalue weighted by Crippen LogP contribution is -2.64. The van der Waals surface area contributed by atoms with E-state index in [1.165, 1.54) is 6.07 Å². The van der Waals surface area contributed by atoms with Crippen molar-refractivity contribution in [2.24, 2.45) is 0 Å². The minimum Gasteiger partial charge on any atom is -0.488 e. The molecule has 4 heterocycles. The summed E-state index contributed by atoms with van der Waals surface area (Å²) in [7, 11) is 0. The Kier molecular flexibility index (Phi) is 6.50. The molecule has 0 saturated carbocycles. The van der Waals surface area contributed by atoms with Crippen molar-refractivity contribution < 1.29 is 28.1 Å². The maximum absolute atomic E-state index is 14.1. The van der Waals surface area contributed by atoms with Gasteiger partial charge in [-0.3, -0.25) is 4.90 Å². The molecule has 188 valence electrons. The van der Waals surface area contributed by atoms with Gasteiger partial charge in [0, 0.05) is 18.0 Å². The summed E-state index contributed by atoms with van der Waals surface area (Å²) in [6.45, 7) is 10.8. The van der Waals surface area contributed by atoms with Crippen LogP contribution in [-0.2, 0) is 14.2 Å². The van der Waals surface area contributed by atoms with Gasteiger partial charge in [-0.2, -0.15) is 0 Å². The van der Waals surface area contributed by atoms with Crippen molar-refractivity contribution in [3.05, 3.63) is 29.6 Å². The van der Waals surface area contributed by atoms with E-state index in [2.05, 4.69) is 4.90 Å². The van der Waals surface area contributed by atoms with Crippen LogP contribution < -0.4 is 4.74 Å².